The molecule has 1 heterocycles. The third-order valence-corrected chi connectivity index (χ3v) is 6.13. The lowest BCUT2D eigenvalue weighted by atomic mass is 9.98. The van der Waals surface area contributed by atoms with Crippen molar-refractivity contribution in [3.8, 4) is 0 Å². The van der Waals surface area contributed by atoms with Crippen molar-refractivity contribution in [2.24, 2.45) is 5.92 Å². The van der Waals surface area contributed by atoms with Gasteiger partial charge in [0.05, 0.1) is 0 Å². The Bertz CT molecular complexity index is 584. The standard InChI is InChI=1S/C27H48N2O/c1-7-29-19-11-18-26(21-29)28-27(30)20-25(6)17-10-16-24(5)15-9-14-23(4)13-8-12-22(2)3/h12,14,16,25-26H,7-11,13,15,17-21H2,1-6H3,(H,28,30)/b23-14+,24-16+. The third-order valence-electron chi connectivity index (χ3n) is 6.13. The molecule has 0 aliphatic carbocycles. The Morgan fingerprint density at radius 2 is 1.67 bits per heavy atom. The highest BCUT2D eigenvalue weighted by Gasteiger charge is 2.20. The summed E-state index contributed by atoms with van der Waals surface area (Å²) in [6.07, 6.45) is 16.8. The van der Waals surface area contributed by atoms with E-state index in [1.54, 1.807) is 0 Å². The summed E-state index contributed by atoms with van der Waals surface area (Å²) in [5, 5.41) is 3.27. The fraction of sp³-hybridized carbons (Fsp3) is 0.741. The number of piperidine rings is 1. The van der Waals surface area contributed by atoms with Crippen molar-refractivity contribution in [1.82, 2.24) is 10.2 Å². The van der Waals surface area contributed by atoms with Crippen LogP contribution in [0.1, 0.15) is 99.3 Å². The van der Waals surface area contributed by atoms with Gasteiger partial charge in [0.2, 0.25) is 5.91 Å². The lowest BCUT2D eigenvalue weighted by Gasteiger charge is -2.32. The first-order valence-electron chi connectivity index (χ1n) is 12.3. The molecule has 0 bridgehead atoms. The summed E-state index contributed by atoms with van der Waals surface area (Å²) >= 11 is 0. The molecule has 30 heavy (non-hydrogen) atoms. The van der Waals surface area contributed by atoms with E-state index < -0.39 is 0 Å². The van der Waals surface area contributed by atoms with Crippen LogP contribution >= 0.6 is 0 Å². The minimum absolute atomic E-state index is 0.236. The molecular weight excluding hydrogens is 368 g/mol. The van der Waals surface area contributed by atoms with E-state index in [9.17, 15) is 4.79 Å². The van der Waals surface area contributed by atoms with Gasteiger partial charge in [-0.15, -0.1) is 0 Å². The smallest absolute Gasteiger partial charge is 0.220 e. The van der Waals surface area contributed by atoms with Crippen LogP contribution in [0, 0.1) is 5.92 Å². The number of carbonyl (C=O) groups is 1. The molecule has 1 rings (SSSR count). The van der Waals surface area contributed by atoms with Crippen LogP contribution in [0.4, 0.5) is 0 Å². The Kier molecular flexibility index (Phi) is 13.7. The minimum atomic E-state index is 0.236. The van der Waals surface area contributed by atoms with E-state index in [-0.39, 0.29) is 5.91 Å². The van der Waals surface area contributed by atoms with Gasteiger partial charge in [0, 0.05) is 19.0 Å². The normalized spacial score (nSPS) is 19.5. The number of hydrogen-bond donors (Lipinski definition) is 1. The van der Waals surface area contributed by atoms with Crippen molar-refractivity contribution >= 4 is 5.91 Å². The zero-order valence-corrected chi connectivity index (χ0v) is 20.7. The Morgan fingerprint density at radius 3 is 2.30 bits per heavy atom. The van der Waals surface area contributed by atoms with E-state index in [0.29, 0.717) is 18.4 Å². The van der Waals surface area contributed by atoms with Gasteiger partial charge in [-0.1, -0.05) is 48.8 Å². The van der Waals surface area contributed by atoms with Crippen LogP contribution in [0.25, 0.3) is 0 Å². The predicted octanol–water partition coefficient (Wildman–Crippen LogP) is 6.81. The van der Waals surface area contributed by atoms with Gasteiger partial charge in [0.1, 0.15) is 0 Å². The molecule has 1 aliphatic heterocycles. The number of likely N-dealkylation sites (tertiary alicyclic amines) is 1. The summed E-state index contributed by atoms with van der Waals surface area (Å²) < 4.78 is 0. The number of carbonyl (C=O) groups excluding carboxylic acids is 1. The molecule has 1 N–H and O–H groups in total. The monoisotopic (exact) mass is 416 g/mol. The van der Waals surface area contributed by atoms with Gasteiger partial charge in [-0.25, -0.2) is 0 Å². The summed E-state index contributed by atoms with van der Waals surface area (Å²) in [5.74, 6) is 0.678. The van der Waals surface area contributed by atoms with Gasteiger partial charge in [-0.3, -0.25) is 4.79 Å². The van der Waals surface area contributed by atoms with Crippen LogP contribution in [0.15, 0.2) is 34.9 Å². The van der Waals surface area contributed by atoms with Gasteiger partial charge in [0.25, 0.3) is 0 Å². The van der Waals surface area contributed by atoms with Gasteiger partial charge in [-0.05, 0) is 98.1 Å². The fourth-order valence-electron chi connectivity index (χ4n) is 4.12. The summed E-state index contributed by atoms with van der Waals surface area (Å²) in [5.41, 5.74) is 4.38. The molecule has 0 spiro atoms. The number of nitrogens with zero attached hydrogens (tertiary/aromatic N) is 1. The van der Waals surface area contributed by atoms with Crippen LogP contribution in [-0.2, 0) is 4.79 Å². The topological polar surface area (TPSA) is 32.3 Å². The van der Waals surface area contributed by atoms with Gasteiger partial charge < -0.3 is 10.2 Å². The Morgan fingerprint density at radius 1 is 1.03 bits per heavy atom. The molecule has 3 nitrogen and oxygen atoms in total. The molecule has 0 aromatic carbocycles. The van der Waals surface area contributed by atoms with E-state index in [4.69, 9.17) is 0 Å². The van der Waals surface area contributed by atoms with Crippen molar-refractivity contribution in [2.75, 3.05) is 19.6 Å². The molecule has 1 saturated heterocycles. The average molecular weight is 417 g/mol. The maximum absolute atomic E-state index is 12.4. The minimum Gasteiger partial charge on any atom is -0.352 e. The molecule has 0 aromatic rings. The zero-order chi connectivity index (χ0) is 22.4. The van der Waals surface area contributed by atoms with Crippen molar-refractivity contribution in [3.63, 3.8) is 0 Å². The fourth-order valence-corrected chi connectivity index (χ4v) is 4.12. The van der Waals surface area contributed by atoms with Crippen molar-refractivity contribution in [2.45, 2.75) is 105 Å². The molecule has 1 aliphatic rings. The maximum atomic E-state index is 12.4. The molecule has 1 fully saturated rings. The number of hydrogen-bond acceptors (Lipinski definition) is 2. The van der Waals surface area contributed by atoms with Crippen LogP contribution < -0.4 is 5.32 Å². The predicted molar refractivity (Wildman–Crippen MR) is 132 cm³/mol. The number of likely N-dealkylation sites (N-methyl/N-ethyl adjacent to an activating group) is 1. The Balaban J connectivity index is 2.20. The van der Waals surface area contributed by atoms with Crippen LogP contribution in [0.3, 0.4) is 0 Å². The lowest BCUT2D eigenvalue weighted by Crippen LogP contribution is -2.47. The average Bonchev–Trinajstić information content (AvgIpc) is 2.67. The molecular formula is C27H48N2O. The first-order valence-corrected chi connectivity index (χ1v) is 12.3. The molecule has 172 valence electrons. The summed E-state index contributed by atoms with van der Waals surface area (Å²) in [7, 11) is 0. The highest BCUT2D eigenvalue weighted by molar-refractivity contribution is 5.76. The molecule has 0 saturated carbocycles. The second-order valence-corrected chi connectivity index (χ2v) is 9.65. The second kappa shape index (κ2) is 15.5. The van der Waals surface area contributed by atoms with Crippen molar-refractivity contribution in [1.29, 1.82) is 0 Å². The van der Waals surface area contributed by atoms with E-state index in [1.165, 1.54) is 36.1 Å². The molecule has 2 unspecified atom stereocenters. The molecule has 0 radical (unpaired) electrons. The second-order valence-electron chi connectivity index (χ2n) is 9.65. The van der Waals surface area contributed by atoms with Gasteiger partial charge in [0.15, 0.2) is 0 Å². The highest BCUT2D eigenvalue weighted by atomic mass is 16.1. The largest absolute Gasteiger partial charge is 0.352 e. The summed E-state index contributed by atoms with van der Waals surface area (Å²) in [6, 6.07) is 0.346. The van der Waals surface area contributed by atoms with Crippen LogP contribution in [0.2, 0.25) is 0 Å². The molecule has 1 amide bonds. The van der Waals surface area contributed by atoms with Crippen molar-refractivity contribution < 1.29 is 4.79 Å². The van der Waals surface area contributed by atoms with E-state index in [0.717, 1.165) is 51.6 Å². The maximum Gasteiger partial charge on any atom is 0.220 e. The van der Waals surface area contributed by atoms with Crippen LogP contribution in [0.5, 0.6) is 0 Å². The van der Waals surface area contributed by atoms with Gasteiger partial charge in [-0.2, -0.15) is 0 Å². The quantitative estimate of drug-likeness (QED) is 0.334. The molecule has 3 heteroatoms. The molecule has 0 aromatic heterocycles. The number of nitrogens with one attached hydrogen (secondary N) is 1. The Hall–Kier alpha value is -1.35. The molecule has 2 atom stereocenters. The summed E-state index contributed by atoms with van der Waals surface area (Å²) in [6.45, 7) is 16.5. The van der Waals surface area contributed by atoms with Crippen molar-refractivity contribution in [3.05, 3.63) is 34.9 Å². The van der Waals surface area contributed by atoms with E-state index >= 15 is 0 Å². The third kappa shape index (κ3) is 13.1. The zero-order valence-electron chi connectivity index (χ0n) is 20.7. The highest BCUT2D eigenvalue weighted by Crippen LogP contribution is 2.16. The van der Waals surface area contributed by atoms with Crippen LogP contribution in [-0.4, -0.2) is 36.5 Å². The number of allylic oxidation sites excluding steroid dienone is 6. The van der Waals surface area contributed by atoms with Gasteiger partial charge >= 0.3 is 0 Å². The SMILES string of the molecule is CCN1CCCC(NC(=O)CC(C)CC/C=C(\C)CC/C=C(\C)CCC=C(C)C)C1. The summed E-state index contributed by atoms with van der Waals surface area (Å²) in [4.78, 5) is 14.8. The first kappa shape index (κ1) is 26.7. The number of rotatable bonds is 13. The first-order chi connectivity index (χ1) is 14.3. The Labute approximate surface area is 187 Å². The van der Waals surface area contributed by atoms with E-state index in [2.05, 4.69) is 70.0 Å². The number of amides is 1. The lowest BCUT2D eigenvalue weighted by molar-refractivity contribution is -0.123. The van der Waals surface area contributed by atoms with E-state index in [1.807, 2.05) is 0 Å².